The van der Waals surface area contributed by atoms with E-state index in [1.807, 2.05) is 13.0 Å². The van der Waals surface area contributed by atoms with Gasteiger partial charge < -0.3 is 10.3 Å². The lowest BCUT2D eigenvalue weighted by Crippen LogP contribution is -2.27. The smallest absolute Gasteiger partial charge is 0.263 e. The van der Waals surface area contributed by atoms with Gasteiger partial charge in [0.05, 0.1) is 33.5 Å². The third kappa shape index (κ3) is 3.71. The number of hydrogen-bond acceptors (Lipinski definition) is 5. The molecule has 0 amide bonds. The summed E-state index contributed by atoms with van der Waals surface area (Å²) in [5.74, 6) is 0.0450. The summed E-state index contributed by atoms with van der Waals surface area (Å²) in [6, 6.07) is 10.7. The fourth-order valence-electron chi connectivity index (χ4n) is 3.90. The number of aromatic nitrogens is 5. The number of benzene rings is 2. The quantitative estimate of drug-likeness (QED) is 0.337. The Bertz CT molecular complexity index is 1560. The van der Waals surface area contributed by atoms with Gasteiger partial charge in [0, 0.05) is 5.69 Å². The molecule has 2 N–H and O–H groups in total. The van der Waals surface area contributed by atoms with Crippen molar-refractivity contribution in [1.82, 2.24) is 24.5 Å². The second-order valence-electron chi connectivity index (χ2n) is 7.44. The minimum Gasteiger partial charge on any atom is -0.360 e. The first kappa shape index (κ1) is 21.4. The van der Waals surface area contributed by atoms with Gasteiger partial charge in [-0.2, -0.15) is 0 Å². The lowest BCUT2D eigenvalue weighted by molar-refractivity contribution is 0.629. The van der Waals surface area contributed by atoms with Crippen LogP contribution in [0.2, 0.25) is 10.0 Å². The minimum absolute atomic E-state index is 0.228. The van der Waals surface area contributed by atoms with Crippen LogP contribution in [0.1, 0.15) is 25.1 Å². The Hall–Kier alpha value is -3.49. The number of hydrogen-bond donors (Lipinski definition) is 2. The van der Waals surface area contributed by atoms with Gasteiger partial charge in [-0.25, -0.2) is 19.3 Å². The van der Waals surface area contributed by atoms with E-state index in [9.17, 15) is 9.18 Å². The second-order valence-corrected chi connectivity index (χ2v) is 8.23. The predicted molar refractivity (Wildman–Crippen MR) is 128 cm³/mol. The van der Waals surface area contributed by atoms with Crippen LogP contribution in [0.4, 0.5) is 10.2 Å². The molecule has 0 radical (unpaired) electrons. The maximum atomic E-state index is 14.0. The molecule has 33 heavy (non-hydrogen) atoms. The van der Waals surface area contributed by atoms with Crippen LogP contribution in [-0.2, 0) is 0 Å². The largest absolute Gasteiger partial charge is 0.360 e. The molecule has 5 aromatic rings. The summed E-state index contributed by atoms with van der Waals surface area (Å²) in [6.45, 7) is 1.98. The zero-order chi connectivity index (χ0) is 23.1. The molecular formula is C23H17Cl2FN6O. The summed E-state index contributed by atoms with van der Waals surface area (Å²) in [6.07, 6.45) is 3.56. The van der Waals surface area contributed by atoms with E-state index in [1.54, 1.807) is 24.3 Å². The standard InChI is InChI=1S/C23H17Cl2FN6O/c1-2-16(31-22-20-21(28-10-27-20)29-11-30-22)18-8-12-6-7-13(26)9-14(12)23(33)32(18)17-5-3-4-15(24)19(17)25/h3-11,16H,2H2,1H3,(H2,27,28,29,30,31). The highest BCUT2D eigenvalue weighted by atomic mass is 35.5. The van der Waals surface area contributed by atoms with Crippen LogP contribution in [0.25, 0.3) is 27.6 Å². The number of fused-ring (bicyclic) bond motifs is 2. The highest BCUT2D eigenvalue weighted by molar-refractivity contribution is 6.43. The number of aromatic amines is 1. The minimum atomic E-state index is -0.496. The van der Waals surface area contributed by atoms with Crippen LogP contribution in [-0.4, -0.2) is 24.5 Å². The molecule has 0 aliphatic heterocycles. The zero-order valence-corrected chi connectivity index (χ0v) is 18.8. The van der Waals surface area contributed by atoms with E-state index in [2.05, 4.69) is 25.3 Å². The van der Waals surface area contributed by atoms with Crippen LogP contribution in [0.5, 0.6) is 0 Å². The molecule has 2 aromatic carbocycles. The van der Waals surface area contributed by atoms with E-state index >= 15 is 0 Å². The first-order valence-corrected chi connectivity index (χ1v) is 10.9. The first-order valence-electron chi connectivity index (χ1n) is 10.2. The van der Waals surface area contributed by atoms with Gasteiger partial charge in [-0.3, -0.25) is 9.36 Å². The summed E-state index contributed by atoms with van der Waals surface area (Å²) < 4.78 is 15.5. The van der Waals surface area contributed by atoms with Crippen molar-refractivity contribution in [2.45, 2.75) is 19.4 Å². The maximum Gasteiger partial charge on any atom is 0.263 e. The fraction of sp³-hybridized carbons (Fsp3) is 0.130. The SMILES string of the molecule is CCC(Nc1ncnc2nc[nH]c12)c1cc2ccc(F)cc2c(=O)n1-c1cccc(Cl)c1Cl. The van der Waals surface area contributed by atoms with Crippen molar-refractivity contribution in [2.24, 2.45) is 0 Å². The predicted octanol–water partition coefficient (Wildman–Crippen LogP) is 5.67. The van der Waals surface area contributed by atoms with Crippen LogP contribution in [0, 0.1) is 5.82 Å². The highest BCUT2D eigenvalue weighted by Gasteiger charge is 2.22. The Morgan fingerprint density at radius 1 is 1.15 bits per heavy atom. The van der Waals surface area contributed by atoms with Gasteiger partial charge in [0.25, 0.3) is 5.56 Å². The Kier molecular flexibility index (Phi) is 5.47. The molecular weight excluding hydrogens is 466 g/mol. The lowest BCUT2D eigenvalue weighted by atomic mass is 10.0. The topological polar surface area (TPSA) is 88.5 Å². The van der Waals surface area contributed by atoms with E-state index in [4.69, 9.17) is 23.2 Å². The van der Waals surface area contributed by atoms with E-state index < -0.39 is 11.4 Å². The van der Waals surface area contributed by atoms with Crippen molar-refractivity contribution in [1.29, 1.82) is 0 Å². The summed E-state index contributed by atoms with van der Waals surface area (Å²) >= 11 is 12.8. The number of halogens is 3. The molecule has 1 unspecified atom stereocenters. The van der Waals surface area contributed by atoms with E-state index in [0.717, 1.165) is 0 Å². The van der Waals surface area contributed by atoms with Crippen molar-refractivity contribution in [3.8, 4) is 5.69 Å². The Morgan fingerprint density at radius 2 is 2.00 bits per heavy atom. The van der Waals surface area contributed by atoms with Crippen molar-refractivity contribution in [3.63, 3.8) is 0 Å². The van der Waals surface area contributed by atoms with Gasteiger partial charge in [-0.1, -0.05) is 42.3 Å². The molecule has 0 fully saturated rings. The molecule has 0 aliphatic carbocycles. The van der Waals surface area contributed by atoms with Crippen LogP contribution in [0.3, 0.4) is 0 Å². The Morgan fingerprint density at radius 3 is 2.82 bits per heavy atom. The maximum absolute atomic E-state index is 14.0. The Labute approximate surface area is 197 Å². The Balaban J connectivity index is 1.76. The number of rotatable bonds is 5. The number of H-pyrrole nitrogens is 1. The summed E-state index contributed by atoms with van der Waals surface area (Å²) in [5, 5.41) is 4.78. The average molecular weight is 483 g/mol. The molecule has 7 nitrogen and oxygen atoms in total. The first-order chi connectivity index (χ1) is 16.0. The van der Waals surface area contributed by atoms with Crippen molar-refractivity contribution >= 4 is 51.0 Å². The van der Waals surface area contributed by atoms with Crippen LogP contribution < -0.4 is 10.9 Å². The molecule has 0 bridgehead atoms. The molecule has 3 heterocycles. The molecule has 10 heteroatoms. The van der Waals surface area contributed by atoms with Crippen LogP contribution in [0.15, 0.2) is 59.9 Å². The molecule has 1 atom stereocenters. The van der Waals surface area contributed by atoms with E-state index in [0.29, 0.717) is 45.2 Å². The average Bonchev–Trinajstić information content (AvgIpc) is 3.30. The summed E-state index contributed by atoms with van der Waals surface area (Å²) in [5.41, 5.74) is 1.79. The monoisotopic (exact) mass is 482 g/mol. The van der Waals surface area contributed by atoms with Gasteiger partial charge in [0.1, 0.15) is 17.7 Å². The van der Waals surface area contributed by atoms with Crippen molar-refractivity contribution in [2.75, 3.05) is 5.32 Å². The molecule has 0 aliphatic rings. The van der Waals surface area contributed by atoms with Crippen molar-refractivity contribution < 1.29 is 4.39 Å². The zero-order valence-electron chi connectivity index (χ0n) is 17.3. The number of pyridine rings is 1. The number of imidazole rings is 1. The molecule has 0 saturated heterocycles. The summed E-state index contributed by atoms with van der Waals surface area (Å²) in [4.78, 5) is 29.3. The summed E-state index contributed by atoms with van der Waals surface area (Å²) in [7, 11) is 0. The van der Waals surface area contributed by atoms with Crippen LogP contribution >= 0.6 is 23.2 Å². The molecule has 0 spiro atoms. The van der Waals surface area contributed by atoms with Crippen molar-refractivity contribution in [3.05, 3.63) is 87.0 Å². The number of anilines is 1. The van der Waals surface area contributed by atoms with E-state index in [1.165, 1.54) is 29.4 Å². The number of nitrogens with zero attached hydrogens (tertiary/aromatic N) is 4. The number of nitrogens with one attached hydrogen (secondary N) is 2. The highest BCUT2D eigenvalue weighted by Crippen LogP contribution is 2.33. The third-order valence-corrected chi connectivity index (χ3v) is 6.29. The lowest BCUT2D eigenvalue weighted by Gasteiger charge is -2.24. The second kappa shape index (κ2) is 8.46. The van der Waals surface area contributed by atoms with Gasteiger partial charge >= 0.3 is 0 Å². The van der Waals surface area contributed by atoms with Gasteiger partial charge in [-0.15, -0.1) is 0 Å². The van der Waals surface area contributed by atoms with Gasteiger partial charge in [-0.05, 0) is 42.1 Å². The molecule has 166 valence electrons. The fourth-order valence-corrected chi connectivity index (χ4v) is 4.28. The molecule has 5 rings (SSSR count). The normalized spacial score (nSPS) is 12.4. The van der Waals surface area contributed by atoms with Gasteiger partial charge in [0.15, 0.2) is 11.5 Å². The molecule has 3 aromatic heterocycles. The van der Waals surface area contributed by atoms with Gasteiger partial charge in [0.2, 0.25) is 0 Å². The van der Waals surface area contributed by atoms with E-state index in [-0.39, 0.29) is 16.5 Å². The third-order valence-electron chi connectivity index (χ3n) is 5.48. The molecule has 0 saturated carbocycles.